The maximum absolute atomic E-state index is 13.1. The maximum atomic E-state index is 13.1. The number of hydrogen-bond donors (Lipinski definition) is 3. The highest BCUT2D eigenvalue weighted by molar-refractivity contribution is 5.78. The van der Waals surface area contributed by atoms with Crippen LogP contribution in [-0.2, 0) is 12.7 Å². The molecule has 0 unspecified atom stereocenters. The SMILES string of the molecule is COc1ccc(Nc2nc(NCc3ccco3)nc(NN=Cc3ccc(-c4cccc(C(F)(F)F)c4)o3)n2)cc1. The molecule has 0 fully saturated rings. The molecule has 3 N–H and O–H groups in total. The molecule has 204 valence electrons. The molecule has 10 nitrogen and oxygen atoms in total. The minimum atomic E-state index is -4.45. The summed E-state index contributed by atoms with van der Waals surface area (Å²) in [7, 11) is 1.58. The van der Waals surface area contributed by atoms with E-state index in [1.807, 2.05) is 18.2 Å². The Balaban J connectivity index is 1.31. The molecule has 13 heteroatoms. The van der Waals surface area contributed by atoms with Gasteiger partial charge in [0, 0.05) is 11.3 Å². The second-order valence-electron chi connectivity index (χ2n) is 8.24. The number of nitrogens with zero attached hydrogens (tertiary/aromatic N) is 4. The molecule has 0 spiro atoms. The van der Waals surface area contributed by atoms with Gasteiger partial charge in [-0.25, -0.2) is 5.43 Å². The summed E-state index contributed by atoms with van der Waals surface area (Å²) in [5.41, 5.74) is 2.98. The van der Waals surface area contributed by atoms with E-state index in [-0.39, 0.29) is 23.6 Å². The molecule has 0 amide bonds. The van der Waals surface area contributed by atoms with Crippen LogP contribution in [0.25, 0.3) is 11.3 Å². The van der Waals surface area contributed by atoms with Crippen molar-refractivity contribution in [3.05, 3.63) is 96.1 Å². The van der Waals surface area contributed by atoms with Crippen molar-refractivity contribution >= 4 is 29.7 Å². The third-order valence-electron chi connectivity index (χ3n) is 5.44. The van der Waals surface area contributed by atoms with Crippen LogP contribution in [-0.4, -0.2) is 28.3 Å². The minimum absolute atomic E-state index is 0.119. The number of alkyl halides is 3. The van der Waals surface area contributed by atoms with Gasteiger partial charge in [-0.05, 0) is 60.7 Å². The molecular formula is C27H22F3N7O3. The van der Waals surface area contributed by atoms with Crippen LogP contribution in [0.2, 0.25) is 0 Å². The highest BCUT2D eigenvalue weighted by atomic mass is 19.4. The first kappa shape index (κ1) is 26.3. The molecule has 40 heavy (non-hydrogen) atoms. The molecule has 0 aliphatic carbocycles. The average molecular weight is 550 g/mol. The number of benzene rings is 2. The Morgan fingerprint density at radius 3 is 2.48 bits per heavy atom. The molecule has 0 aliphatic heterocycles. The molecule has 0 atom stereocenters. The first-order valence-electron chi connectivity index (χ1n) is 11.9. The summed E-state index contributed by atoms with van der Waals surface area (Å²) in [4.78, 5) is 13.1. The maximum Gasteiger partial charge on any atom is 0.416 e. The van der Waals surface area contributed by atoms with E-state index in [9.17, 15) is 13.2 Å². The lowest BCUT2D eigenvalue weighted by Crippen LogP contribution is -2.09. The third-order valence-corrected chi connectivity index (χ3v) is 5.44. The van der Waals surface area contributed by atoms with Gasteiger partial charge >= 0.3 is 6.18 Å². The number of rotatable bonds is 10. The molecule has 0 saturated carbocycles. The van der Waals surface area contributed by atoms with Crippen molar-refractivity contribution in [2.75, 3.05) is 23.2 Å². The molecule has 0 bridgehead atoms. The summed E-state index contributed by atoms with van der Waals surface area (Å²) in [6, 6.07) is 18.8. The van der Waals surface area contributed by atoms with E-state index in [2.05, 4.69) is 36.1 Å². The third kappa shape index (κ3) is 6.75. The molecule has 5 aromatic rings. The summed E-state index contributed by atoms with van der Waals surface area (Å²) in [6.45, 7) is 0.340. The van der Waals surface area contributed by atoms with E-state index in [0.29, 0.717) is 29.4 Å². The van der Waals surface area contributed by atoms with Crippen LogP contribution in [0.4, 0.5) is 36.7 Å². The van der Waals surface area contributed by atoms with E-state index >= 15 is 0 Å². The van der Waals surface area contributed by atoms with Crippen LogP contribution in [0.1, 0.15) is 17.1 Å². The number of halogens is 3. The predicted molar refractivity (Wildman–Crippen MR) is 143 cm³/mol. The number of anilines is 4. The highest BCUT2D eigenvalue weighted by Crippen LogP contribution is 2.32. The number of ether oxygens (including phenoxy) is 1. The van der Waals surface area contributed by atoms with Crippen molar-refractivity contribution in [3.63, 3.8) is 0 Å². The van der Waals surface area contributed by atoms with Gasteiger partial charge in [-0.15, -0.1) is 0 Å². The van der Waals surface area contributed by atoms with Crippen LogP contribution in [0.15, 0.2) is 93.0 Å². The zero-order chi connectivity index (χ0) is 28.0. The Kier molecular flexibility index (Phi) is 7.62. The van der Waals surface area contributed by atoms with Gasteiger partial charge in [-0.3, -0.25) is 0 Å². The van der Waals surface area contributed by atoms with Crippen LogP contribution < -0.4 is 20.8 Å². The molecule has 2 aromatic carbocycles. The fourth-order valence-electron chi connectivity index (χ4n) is 3.52. The average Bonchev–Trinajstić information content (AvgIpc) is 3.65. The second-order valence-corrected chi connectivity index (χ2v) is 8.24. The van der Waals surface area contributed by atoms with E-state index in [0.717, 1.165) is 17.8 Å². The largest absolute Gasteiger partial charge is 0.497 e. The number of hydrogen-bond acceptors (Lipinski definition) is 10. The van der Waals surface area contributed by atoms with Crippen molar-refractivity contribution in [1.29, 1.82) is 0 Å². The zero-order valence-electron chi connectivity index (χ0n) is 20.9. The molecular weight excluding hydrogens is 527 g/mol. The molecule has 3 heterocycles. The Morgan fingerprint density at radius 1 is 0.925 bits per heavy atom. The predicted octanol–water partition coefficient (Wildman–Crippen LogP) is 6.55. The Bertz CT molecular complexity index is 1580. The van der Waals surface area contributed by atoms with E-state index in [1.165, 1.54) is 18.3 Å². The fraction of sp³-hybridized carbons (Fsp3) is 0.111. The van der Waals surface area contributed by atoms with Crippen molar-refractivity contribution in [2.45, 2.75) is 12.7 Å². The van der Waals surface area contributed by atoms with Gasteiger partial charge < -0.3 is 24.2 Å². The Morgan fingerprint density at radius 2 is 1.73 bits per heavy atom. The van der Waals surface area contributed by atoms with E-state index in [1.54, 1.807) is 43.7 Å². The Labute approximate surface area is 225 Å². The first-order valence-corrected chi connectivity index (χ1v) is 11.9. The van der Waals surface area contributed by atoms with Gasteiger partial charge in [-0.1, -0.05) is 12.1 Å². The van der Waals surface area contributed by atoms with Gasteiger partial charge in [0.05, 0.1) is 31.7 Å². The number of nitrogens with one attached hydrogen (secondary N) is 3. The fourth-order valence-corrected chi connectivity index (χ4v) is 3.52. The van der Waals surface area contributed by atoms with Crippen molar-refractivity contribution in [2.24, 2.45) is 5.10 Å². The molecule has 5 rings (SSSR count). The van der Waals surface area contributed by atoms with Crippen LogP contribution in [0, 0.1) is 0 Å². The number of furan rings is 2. The smallest absolute Gasteiger partial charge is 0.416 e. The first-order chi connectivity index (χ1) is 19.4. The zero-order valence-corrected chi connectivity index (χ0v) is 20.9. The normalized spacial score (nSPS) is 11.5. The topological polar surface area (TPSA) is 123 Å². The summed E-state index contributed by atoms with van der Waals surface area (Å²) >= 11 is 0. The summed E-state index contributed by atoms with van der Waals surface area (Å²) in [6.07, 6.45) is -1.53. The van der Waals surface area contributed by atoms with E-state index < -0.39 is 11.7 Å². The summed E-state index contributed by atoms with van der Waals surface area (Å²) < 4.78 is 55.3. The van der Waals surface area contributed by atoms with Crippen molar-refractivity contribution in [1.82, 2.24) is 15.0 Å². The van der Waals surface area contributed by atoms with Gasteiger partial charge in [0.2, 0.25) is 17.8 Å². The standard InChI is InChI=1S/C27H22F3N7O3/c1-38-20-9-7-19(8-10-20)33-25-34-24(31-15-21-6-3-13-39-21)35-26(36-25)37-32-16-22-11-12-23(40-22)17-4-2-5-18(14-17)27(28,29)30/h2-14,16H,15H2,1H3,(H3,31,33,34,35,36,37). The number of hydrazone groups is 1. The van der Waals surface area contributed by atoms with Crippen LogP contribution in [0.5, 0.6) is 5.75 Å². The van der Waals surface area contributed by atoms with Gasteiger partial charge in [0.25, 0.3) is 0 Å². The summed E-state index contributed by atoms with van der Waals surface area (Å²) in [5.74, 6) is 2.58. The van der Waals surface area contributed by atoms with Crippen molar-refractivity contribution in [3.8, 4) is 17.1 Å². The highest BCUT2D eigenvalue weighted by Gasteiger charge is 2.30. The quantitative estimate of drug-likeness (QED) is 0.131. The lowest BCUT2D eigenvalue weighted by molar-refractivity contribution is -0.137. The van der Waals surface area contributed by atoms with Crippen LogP contribution >= 0.6 is 0 Å². The lowest BCUT2D eigenvalue weighted by Gasteiger charge is -2.10. The number of aromatic nitrogens is 3. The van der Waals surface area contributed by atoms with Gasteiger partial charge in [-0.2, -0.15) is 33.2 Å². The van der Waals surface area contributed by atoms with E-state index in [4.69, 9.17) is 13.6 Å². The minimum Gasteiger partial charge on any atom is -0.497 e. The molecule has 0 aliphatic rings. The molecule has 3 aromatic heterocycles. The monoisotopic (exact) mass is 549 g/mol. The van der Waals surface area contributed by atoms with Gasteiger partial charge in [0.15, 0.2) is 0 Å². The van der Waals surface area contributed by atoms with Crippen molar-refractivity contribution < 1.29 is 26.7 Å². The Hall–Kier alpha value is -5.33. The second kappa shape index (κ2) is 11.6. The molecule has 0 radical (unpaired) electrons. The molecule has 0 saturated heterocycles. The summed E-state index contributed by atoms with van der Waals surface area (Å²) in [5, 5.41) is 10.3. The van der Waals surface area contributed by atoms with Gasteiger partial charge in [0.1, 0.15) is 23.0 Å². The van der Waals surface area contributed by atoms with Crippen LogP contribution in [0.3, 0.4) is 0 Å². The lowest BCUT2D eigenvalue weighted by atomic mass is 10.1. The number of methoxy groups -OCH3 is 1.